The number of aryl methyl sites for hydroxylation is 2. The number of halogens is 1. The number of likely N-dealkylation sites (N-methyl/N-ethyl adjacent to an activating group) is 1. The van der Waals surface area contributed by atoms with Crippen LogP contribution in [0.2, 0.25) is 5.02 Å². The normalized spacial score (nSPS) is 19.0. The standard InChI is InChI=1S/C29H38ClN7O/c1-19-9-10-21-11-12-22(30)17-23(21)29(38)36-15-5-4-8-26(36)25-18-27-33-24(7-6-13-31)20(2)28(37(27)34-25)35(3)16-14-32-19/h11-12,17-18,26,32H,1,4-10,13-16,31H2,2-3H3. The molecule has 5 rings (SSSR count). The van der Waals surface area contributed by atoms with Gasteiger partial charge in [0.15, 0.2) is 5.65 Å². The van der Waals surface area contributed by atoms with Crippen LogP contribution in [0.5, 0.6) is 0 Å². The molecule has 0 spiro atoms. The molecule has 0 aliphatic carbocycles. The Hall–Kier alpha value is -3.10. The molecule has 202 valence electrons. The van der Waals surface area contributed by atoms with Gasteiger partial charge in [-0.15, -0.1) is 0 Å². The van der Waals surface area contributed by atoms with Gasteiger partial charge in [-0.25, -0.2) is 4.98 Å². The number of carbonyl (C=O) groups is 1. The first kappa shape index (κ1) is 26.5. The highest BCUT2D eigenvalue weighted by Crippen LogP contribution is 2.34. The molecule has 1 atom stereocenters. The predicted molar refractivity (Wildman–Crippen MR) is 153 cm³/mol. The minimum atomic E-state index is -0.111. The largest absolute Gasteiger partial charge is 0.387 e. The molecule has 1 saturated heterocycles. The summed E-state index contributed by atoms with van der Waals surface area (Å²) in [6, 6.07) is 7.61. The van der Waals surface area contributed by atoms with Crippen molar-refractivity contribution >= 4 is 29.0 Å². The molecular weight excluding hydrogens is 498 g/mol. The van der Waals surface area contributed by atoms with Crippen LogP contribution in [0.4, 0.5) is 5.82 Å². The van der Waals surface area contributed by atoms with Crippen molar-refractivity contribution in [3.05, 3.63) is 69.6 Å². The number of piperidine rings is 1. The lowest BCUT2D eigenvalue weighted by Gasteiger charge is -2.35. The second kappa shape index (κ2) is 11.3. The van der Waals surface area contributed by atoms with Gasteiger partial charge in [-0.3, -0.25) is 4.79 Å². The van der Waals surface area contributed by atoms with Crippen molar-refractivity contribution in [2.75, 3.05) is 38.1 Å². The molecule has 0 radical (unpaired) electrons. The smallest absolute Gasteiger partial charge is 0.254 e. The van der Waals surface area contributed by atoms with Crippen LogP contribution in [-0.4, -0.2) is 58.6 Å². The number of nitrogens with two attached hydrogens (primary N) is 1. The number of hydrogen-bond donors (Lipinski definition) is 2. The van der Waals surface area contributed by atoms with Crippen LogP contribution in [0, 0.1) is 6.92 Å². The van der Waals surface area contributed by atoms with Gasteiger partial charge in [0.25, 0.3) is 5.91 Å². The number of anilines is 1. The van der Waals surface area contributed by atoms with Crippen molar-refractivity contribution in [2.45, 2.75) is 57.9 Å². The van der Waals surface area contributed by atoms with Gasteiger partial charge >= 0.3 is 0 Å². The molecule has 3 aromatic rings. The number of allylic oxidation sites excluding steroid dienone is 1. The third-order valence-electron chi connectivity index (χ3n) is 7.83. The van der Waals surface area contributed by atoms with E-state index in [0.717, 1.165) is 97.7 Å². The molecule has 1 unspecified atom stereocenters. The first-order valence-corrected chi connectivity index (χ1v) is 14.1. The van der Waals surface area contributed by atoms with Crippen molar-refractivity contribution in [1.82, 2.24) is 24.8 Å². The van der Waals surface area contributed by atoms with E-state index >= 15 is 0 Å². The SMILES string of the molecule is C=C1CCc2ccc(Cl)cc2C(=O)N2CCCCC2c2cc3nc(CCCN)c(C)c(n3n2)N(C)CCN1. The second-order valence-corrected chi connectivity index (χ2v) is 10.9. The van der Waals surface area contributed by atoms with Crippen molar-refractivity contribution in [2.24, 2.45) is 5.73 Å². The Morgan fingerprint density at radius 1 is 1.21 bits per heavy atom. The topological polar surface area (TPSA) is 91.8 Å². The van der Waals surface area contributed by atoms with E-state index in [1.54, 1.807) is 0 Å². The quantitative estimate of drug-likeness (QED) is 0.515. The lowest BCUT2D eigenvalue weighted by molar-refractivity contribution is 0.0604. The van der Waals surface area contributed by atoms with Crippen LogP contribution in [0.1, 0.15) is 71.0 Å². The predicted octanol–water partition coefficient (Wildman–Crippen LogP) is 4.44. The fourth-order valence-electron chi connectivity index (χ4n) is 5.74. The molecule has 38 heavy (non-hydrogen) atoms. The Morgan fingerprint density at radius 3 is 2.87 bits per heavy atom. The van der Waals surface area contributed by atoms with Crippen LogP contribution < -0.4 is 16.0 Å². The highest BCUT2D eigenvalue weighted by atomic mass is 35.5. The Kier molecular flexibility index (Phi) is 7.91. The fraction of sp³-hybridized carbons (Fsp3) is 0.483. The maximum atomic E-state index is 14.1. The van der Waals surface area contributed by atoms with Gasteiger partial charge in [0.05, 0.1) is 11.7 Å². The van der Waals surface area contributed by atoms with Crippen LogP contribution in [0.15, 0.2) is 36.5 Å². The first-order valence-electron chi connectivity index (χ1n) is 13.7. The number of fused-ring (bicyclic) bond motifs is 4. The molecule has 1 fully saturated rings. The third-order valence-corrected chi connectivity index (χ3v) is 8.07. The molecule has 2 aliphatic heterocycles. The van der Waals surface area contributed by atoms with Crippen LogP contribution in [-0.2, 0) is 12.8 Å². The molecular formula is C29H38ClN7O. The highest BCUT2D eigenvalue weighted by Gasteiger charge is 2.32. The summed E-state index contributed by atoms with van der Waals surface area (Å²) in [6.07, 6.45) is 6.06. The lowest BCUT2D eigenvalue weighted by Crippen LogP contribution is -2.39. The van der Waals surface area contributed by atoms with Gasteiger partial charge in [-0.05, 0) is 76.1 Å². The second-order valence-electron chi connectivity index (χ2n) is 10.5. The molecule has 0 saturated carbocycles. The zero-order valence-electron chi connectivity index (χ0n) is 22.5. The van der Waals surface area contributed by atoms with E-state index in [0.29, 0.717) is 23.7 Å². The summed E-state index contributed by atoms with van der Waals surface area (Å²) in [7, 11) is 2.10. The van der Waals surface area contributed by atoms with Gasteiger partial charge in [-0.1, -0.05) is 24.2 Å². The maximum absolute atomic E-state index is 14.1. The van der Waals surface area contributed by atoms with E-state index in [4.69, 9.17) is 27.4 Å². The molecule has 9 heteroatoms. The fourth-order valence-corrected chi connectivity index (χ4v) is 5.91. The molecule has 1 aromatic carbocycles. The average molecular weight is 536 g/mol. The number of nitrogens with zero attached hydrogens (tertiary/aromatic N) is 5. The van der Waals surface area contributed by atoms with Gasteiger partial charge in [0, 0.05) is 60.3 Å². The lowest BCUT2D eigenvalue weighted by atomic mass is 9.95. The number of benzene rings is 1. The number of hydrogen-bond acceptors (Lipinski definition) is 6. The summed E-state index contributed by atoms with van der Waals surface area (Å²) < 4.78 is 1.96. The van der Waals surface area contributed by atoms with E-state index in [1.165, 1.54) is 0 Å². The monoisotopic (exact) mass is 535 g/mol. The van der Waals surface area contributed by atoms with E-state index in [-0.39, 0.29) is 11.9 Å². The summed E-state index contributed by atoms with van der Waals surface area (Å²) in [5.41, 5.74) is 12.3. The number of nitrogens with one attached hydrogen (secondary N) is 1. The third kappa shape index (κ3) is 5.24. The maximum Gasteiger partial charge on any atom is 0.254 e. The molecule has 2 aromatic heterocycles. The molecule has 1 amide bonds. The molecule has 8 nitrogen and oxygen atoms in total. The van der Waals surface area contributed by atoms with Crippen molar-refractivity contribution < 1.29 is 4.79 Å². The minimum absolute atomic E-state index is 0.0139. The first-order chi connectivity index (χ1) is 18.4. The summed E-state index contributed by atoms with van der Waals surface area (Å²) in [5.74, 6) is 1.04. The van der Waals surface area contributed by atoms with Crippen LogP contribution >= 0.6 is 11.6 Å². The average Bonchev–Trinajstić information content (AvgIpc) is 3.33. The molecule has 4 heterocycles. The van der Waals surface area contributed by atoms with Crippen molar-refractivity contribution in [3.8, 4) is 0 Å². The zero-order chi connectivity index (χ0) is 26.8. The van der Waals surface area contributed by atoms with E-state index < -0.39 is 0 Å². The Labute approximate surface area is 229 Å². The highest BCUT2D eigenvalue weighted by molar-refractivity contribution is 6.31. The number of carbonyl (C=O) groups excluding carboxylic acids is 1. The van der Waals surface area contributed by atoms with Crippen LogP contribution in [0.25, 0.3) is 5.65 Å². The van der Waals surface area contributed by atoms with Gasteiger partial charge < -0.3 is 20.9 Å². The Morgan fingerprint density at radius 2 is 2.05 bits per heavy atom. The van der Waals surface area contributed by atoms with Crippen LogP contribution in [0.3, 0.4) is 0 Å². The van der Waals surface area contributed by atoms with Gasteiger partial charge in [-0.2, -0.15) is 9.61 Å². The number of rotatable bonds is 3. The van der Waals surface area contributed by atoms with E-state index in [9.17, 15) is 4.79 Å². The zero-order valence-corrected chi connectivity index (χ0v) is 23.2. The Balaban J connectivity index is 1.65. The summed E-state index contributed by atoms with van der Waals surface area (Å²) in [5, 5.41) is 9.14. The summed E-state index contributed by atoms with van der Waals surface area (Å²) >= 11 is 6.39. The summed E-state index contributed by atoms with van der Waals surface area (Å²) in [6.45, 7) is 9.20. The van der Waals surface area contributed by atoms with Crippen molar-refractivity contribution in [1.29, 1.82) is 0 Å². The molecule has 3 N–H and O–H groups in total. The molecule has 2 aliphatic rings. The van der Waals surface area contributed by atoms with Gasteiger partial charge in [0.2, 0.25) is 0 Å². The minimum Gasteiger partial charge on any atom is -0.387 e. The molecule has 2 bridgehead atoms. The van der Waals surface area contributed by atoms with Crippen molar-refractivity contribution in [3.63, 3.8) is 0 Å². The van der Waals surface area contributed by atoms with Gasteiger partial charge in [0.1, 0.15) is 5.82 Å². The number of amides is 1. The van der Waals surface area contributed by atoms with E-state index in [2.05, 4.69) is 36.8 Å². The number of aromatic nitrogens is 3. The Bertz CT molecular complexity index is 1350. The summed E-state index contributed by atoms with van der Waals surface area (Å²) in [4.78, 5) is 23.3. The van der Waals surface area contributed by atoms with E-state index in [1.807, 2.05) is 27.6 Å².